The van der Waals surface area contributed by atoms with Crippen LogP contribution in [0.25, 0.3) is 0 Å². The van der Waals surface area contributed by atoms with Crippen molar-refractivity contribution in [3.8, 4) is 5.75 Å². The smallest absolute Gasteiger partial charge is 0.333 e. The molecule has 2 aromatic carbocycles. The lowest BCUT2D eigenvalue weighted by Crippen LogP contribution is -2.42. The van der Waals surface area contributed by atoms with Crippen molar-refractivity contribution >= 4 is 23.8 Å². The van der Waals surface area contributed by atoms with Crippen molar-refractivity contribution in [2.24, 2.45) is 0 Å². The molecule has 2 amide bonds. The molecule has 7 nitrogen and oxygen atoms in total. The molecule has 0 spiro atoms. The summed E-state index contributed by atoms with van der Waals surface area (Å²) in [5.41, 5.74) is 0.868. The highest BCUT2D eigenvalue weighted by atomic mass is 32.2. The number of urea groups is 1. The quantitative estimate of drug-likeness (QED) is 0.231. The molecule has 0 aliphatic heterocycles. The number of carbonyl (C=O) groups is 2. The van der Waals surface area contributed by atoms with Crippen LogP contribution in [-0.4, -0.2) is 66.7 Å². The van der Waals surface area contributed by atoms with Gasteiger partial charge in [0.1, 0.15) is 12.4 Å². The molecule has 2 aromatic rings. The van der Waals surface area contributed by atoms with E-state index in [2.05, 4.69) is 17.4 Å². The molecule has 0 aliphatic rings. The minimum Gasteiger partial charge on any atom is -0.492 e. The lowest BCUT2D eigenvalue weighted by molar-refractivity contribution is -0.149. The Morgan fingerprint density at radius 1 is 1.03 bits per heavy atom. The number of hydrogen-bond acceptors (Lipinski definition) is 5. The van der Waals surface area contributed by atoms with Crippen molar-refractivity contribution in [1.82, 2.24) is 10.2 Å². The van der Waals surface area contributed by atoms with Crippen LogP contribution in [0.15, 0.2) is 59.5 Å². The van der Waals surface area contributed by atoms with Gasteiger partial charge in [-0.05, 0) is 61.8 Å². The number of aliphatic carboxylic acids is 1. The first-order valence-electron chi connectivity index (χ1n) is 12.3. The summed E-state index contributed by atoms with van der Waals surface area (Å²) in [6.45, 7) is 6.38. The predicted molar refractivity (Wildman–Crippen MR) is 140 cm³/mol. The van der Waals surface area contributed by atoms with Crippen molar-refractivity contribution in [3.63, 3.8) is 0 Å². The van der Waals surface area contributed by atoms with Crippen LogP contribution in [0.4, 0.5) is 4.79 Å². The number of carboxylic acids is 1. The van der Waals surface area contributed by atoms with Gasteiger partial charge >= 0.3 is 12.0 Å². The highest BCUT2D eigenvalue weighted by molar-refractivity contribution is 7.99. The molecule has 0 radical (unpaired) electrons. The maximum Gasteiger partial charge on any atom is 0.333 e. The summed E-state index contributed by atoms with van der Waals surface area (Å²) in [4.78, 5) is 26.9. The van der Waals surface area contributed by atoms with Gasteiger partial charge in [0.25, 0.3) is 0 Å². The average Bonchev–Trinajstić information content (AvgIpc) is 2.87. The first-order chi connectivity index (χ1) is 17.0. The van der Waals surface area contributed by atoms with Gasteiger partial charge in [-0.1, -0.05) is 37.3 Å². The summed E-state index contributed by atoms with van der Waals surface area (Å²) in [6.07, 6.45) is 2.30. The zero-order chi connectivity index (χ0) is 25.3. The van der Waals surface area contributed by atoms with Crippen LogP contribution in [0, 0.1) is 0 Å². The number of carboxylic acid groups (broad SMARTS) is 1. The number of nitrogens with one attached hydrogen (secondary N) is 1. The van der Waals surface area contributed by atoms with Gasteiger partial charge in [0.2, 0.25) is 0 Å². The van der Waals surface area contributed by atoms with E-state index in [1.807, 2.05) is 66.1 Å². The standard InChI is InChI=1S/C27H38N2O5S/c1-3-16-28-27(32)29(17-8-9-20-35-24-10-6-5-7-11-24)18-19-34-23-14-12-22(13-15-23)21-25(26(30)31)33-4-2/h5-7,10-15,25H,3-4,8-9,16-21H2,1-2H3,(H,28,32)(H,30,31). The monoisotopic (exact) mass is 502 g/mol. The second-order valence-corrected chi connectivity index (χ2v) is 9.23. The molecule has 2 N–H and O–H groups in total. The fourth-order valence-electron chi connectivity index (χ4n) is 3.40. The van der Waals surface area contributed by atoms with Crippen molar-refractivity contribution in [2.75, 3.05) is 38.6 Å². The number of thioether (sulfide) groups is 1. The van der Waals surface area contributed by atoms with Gasteiger partial charge in [0.05, 0.1) is 6.54 Å². The molecule has 0 fully saturated rings. The van der Waals surface area contributed by atoms with Gasteiger partial charge in [-0.2, -0.15) is 0 Å². The van der Waals surface area contributed by atoms with E-state index in [9.17, 15) is 14.7 Å². The van der Waals surface area contributed by atoms with E-state index in [0.29, 0.717) is 45.0 Å². The normalized spacial score (nSPS) is 11.6. The Bertz CT molecular complexity index is 864. The molecule has 0 saturated carbocycles. The first-order valence-corrected chi connectivity index (χ1v) is 13.3. The van der Waals surface area contributed by atoms with Crippen LogP contribution in [0.1, 0.15) is 38.7 Å². The van der Waals surface area contributed by atoms with E-state index in [1.165, 1.54) is 4.90 Å². The largest absolute Gasteiger partial charge is 0.492 e. The molecule has 0 saturated heterocycles. The number of hydrogen-bond donors (Lipinski definition) is 2. The van der Waals surface area contributed by atoms with Crippen LogP contribution >= 0.6 is 11.8 Å². The summed E-state index contributed by atoms with van der Waals surface area (Å²) in [5, 5.41) is 12.2. The molecule has 0 aliphatic carbocycles. The molecular weight excluding hydrogens is 464 g/mol. The van der Waals surface area contributed by atoms with Crippen LogP contribution in [0.5, 0.6) is 5.75 Å². The van der Waals surface area contributed by atoms with Crippen molar-refractivity contribution in [3.05, 3.63) is 60.2 Å². The van der Waals surface area contributed by atoms with E-state index in [-0.39, 0.29) is 6.03 Å². The lowest BCUT2D eigenvalue weighted by Gasteiger charge is -2.23. The molecule has 0 heterocycles. The molecule has 1 atom stereocenters. The molecular formula is C27H38N2O5S. The summed E-state index contributed by atoms with van der Waals surface area (Å²) in [6, 6.07) is 17.6. The molecule has 0 aromatic heterocycles. The van der Waals surface area contributed by atoms with Crippen LogP contribution in [-0.2, 0) is 16.0 Å². The van der Waals surface area contributed by atoms with E-state index < -0.39 is 12.1 Å². The third kappa shape index (κ3) is 11.5. The zero-order valence-corrected chi connectivity index (χ0v) is 21.6. The van der Waals surface area contributed by atoms with Gasteiger partial charge < -0.3 is 24.8 Å². The van der Waals surface area contributed by atoms with Gasteiger partial charge in [-0.25, -0.2) is 9.59 Å². The van der Waals surface area contributed by atoms with Crippen molar-refractivity contribution in [2.45, 2.75) is 50.5 Å². The molecule has 1 unspecified atom stereocenters. The average molecular weight is 503 g/mol. The summed E-state index contributed by atoms with van der Waals surface area (Å²) in [5.74, 6) is 0.737. The summed E-state index contributed by atoms with van der Waals surface area (Å²) >= 11 is 1.83. The number of unbranched alkanes of at least 4 members (excludes halogenated alkanes) is 1. The Morgan fingerprint density at radius 3 is 2.43 bits per heavy atom. The Kier molecular flexibility index (Phi) is 13.7. The number of rotatable bonds is 17. The highest BCUT2D eigenvalue weighted by Gasteiger charge is 2.18. The van der Waals surface area contributed by atoms with E-state index in [0.717, 1.165) is 30.6 Å². The Morgan fingerprint density at radius 2 is 1.77 bits per heavy atom. The van der Waals surface area contributed by atoms with Crippen LogP contribution in [0.3, 0.4) is 0 Å². The van der Waals surface area contributed by atoms with Crippen molar-refractivity contribution < 1.29 is 24.2 Å². The van der Waals surface area contributed by atoms with E-state index in [1.54, 1.807) is 6.92 Å². The lowest BCUT2D eigenvalue weighted by atomic mass is 10.1. The summed E-state index contributed by atoms with van der Waals surface area (Å²) in [7, 11) is 0. The van der Waals surface area contributed by atoms with Crippen LogP contribution in [0.2, 0.25) is 0 Å². The Hall–Kier alpha value is -2.71. The maximum atomic E-state index is 12.6. The number of ether oxygens (including phenoxy) is 2. The highest BCUT2D eigenvalue weighted by Crippen LogP contribution is 2.18. The van der Waals surface area contributed by atoms with Gasteiger partial charge in [0, 0.05) is 31.0 Å². The van der Waals surface area contributed by atoms with Gasteiger partial charge in [-0.15, -0.1) is 11.8 Å². The molecule has 8 heteroatoms. The minimum atomic E-state index is -0.965. The van der Waals surface area contributed by atoms with Gasteiger partial charge in [-0.3, -0.25) is 0 Å². The Balaban J connectivity index is 1.78. The second kappa shape index (κ2) is 16.8. The molecule has 192 valence electrons. The van der Waals surface area contributed by atoms with Crippen LogP contribution < -0.4 is 10.1 Å². The first kappa shape index (κ1) is 28.5. The Labute approximate surface area is 213 Å². The minimum absolute atomic E-state index is 0.0582. The number of amides is 2. The topological polar surface area (TPSA) is 88.1 Å². The third-order valence-electron chi connectivity index (χ3n) is 5.27. The fourth-order valence-corrected chi connectivity index (χ4v) is 4.33. The number of benzene rings is 2. The van der Waals surface area contributed by atoms with E-state index >= 15 is 0 Å². The molecule has 35 heavy (non-hydrogen) atoms. The zero-order valence-electron chi connectivity index (χ0n) is 20.8. The predicted octanol–water partition coefficient (Wildman–Crippen LogP) is 5.09. The summed E-state index contributed by atoms with van der Waals surface area (Å²) < 4.78 is 11.1. The number of nitrogens with zero attached hydrogens (tertiary/aromatic N) is 1. The molecule has 0 bridgehead atoms. The SMILES string of the molecule is CCCNC(=O)N(CCCCSc1ccccc1)CCOc1ccc(CC(OCC)C(=O)O)cc1. The number of carbonyl (C=O) groups excluding carboxylic acids is 1. The fraction of sp³-hybridized carbons (Fsp3) is 0.481. The van der Waals surface area contributed by atoms with Crippen molar-refractivity contribution in [1.29, 1.82) is 0 Å². The van der Waals surface area contributed by atoms with E-state index in [4.69, 9.17) is 9.47 Å². The second-order valence-electron chi connectivity index (χ2n) is 8.07. The maximum absolute atomic E-state index is 12.6. The van der Waals surface area contributed by atoms with Gasteiger partial charge in [0.15, 0.2) is 6.10 Å². The molecule has 2 rings (SSSR count). The third-order valence-corrected chi connectivity index (χ3v) is 6.36.